The third-order valence-corrected chi connectivity index (χ3v) is 5.74. The van der Waals surface area contributed by atoms with Crippen molar-refractivity contribution in [2.75, 3.05) is 13.7 Å². The van der Waals surface area contributed by atoms with Gasteiger partial charge in [-0.1, -0.05) is 44.2 Å². The van der Waals surface area contributed by atoms with Crippen molar-refractivity contribution in [1.82, 2.24) is 0 Å². The first kappa shape index (κ1) is 24.0. The molecule has 0 bridgehead atoms. The van der Waals surface area contributed by atoms with Crippen molar-refractivity contribution >= 4 is 11.9 Å². The molecule has 0 saturated heterocycles. The molecule has 0 fully saturated rings. The maximum atomic E-state index is 13.9. The van der Waals surface area contributed by atoms with Gasteiger partial charge in [-0.3, -0.25) is 4.79 Å². The van der Waals surface area contributed by atoms with Crippen molar-refractivity contribution in [1.29, 1.82) is 5.26 Å². The Morgan fingerprint density at radius 3 is 2.60 bits per heavy atom. The summed E-state index contributed by atoms with van der Waals surface area (Å²) in [4.78, 5) is 13.5. The molecule has 35 heavy (non-hydrogen) atoms. The van der Waals surface area contributed by atoms with E-state index in [0.29, 0.717) is 40.9 Å². The second-order valence-corrected chi connectivity index (χ2v) is 8.74. The number of nitriles is 1. The second-order valence-electron chi connectivity index (χ2n) is 8.74. The molecule has 0 saturated carbocycles. The fourth-order valence-electron chi connectivity index (χ4n) is 4.01. The number of ether oxygens (including phenoxy) is 3. The smallest absolute Gasteiger partial charge is 0.178 e. The first-order valence-corrected chi connectivity index (χ1v) is 11.4. The van der Waals surface area contributed by atoms with Crippen LogP contribution in [0.15, 0.2) is 66.7 Å². The zero-order chi connectivity index (χ0) is 24.9. The third kappa shape index (κ3) is 5.20. The number of Topliss-reactive ketones (excluding diaryl/α,β-unsaturated/α-hetero) is 1. The Hall–Kier alpha value is -4.11. The summed E-state index contributed by atoms with van der Waals surface area (Å²) in [7, 11) is 1.59. The van der Waals surface area contributed by atoms with Crippen LogP contribution in [0.2, 0.25) is 0 Å². The Kier molecular flexibility index (Phi) is 7.17. The van der Waals surface area contributed by atoms with Gasteiger partial charge in [0.2, 0.25) is 0 Å². The maximum absolute atomic E-state index is 13.9. The highest BCUT2D eigenvalue weighted by atomic mass is 19.1. The van der Waals surface area contributed by atoms with E-state index in [2.05, 4.69) is 19.9 Å². The zero-order valence-corrected chi connectivity index (χ0v) is 19.8. The van der Waals surface area contributed by atoms with Crippen LogP contribution in [0.1, 0.15) is 46.8 Å². The molecule has 0 N–H and O–H groups in total. The number of fused-ring (bicyclic) bond motifs is 1. The van der Waals surface area contributed by atoms with E-state index in [1.807, 2.05) is 30.4 Å². The van der Waals surface area contributed by atoms with E-state index in [4.69, 9.17) is 19.5 Å². The number of carbonyl (C=O) groups is 1. The summed E-state index contributed by atoms with van der Waals surface area (Å²) in [5.41, 5.74) is 2.15. The Labute approximate surface area is 204 Å². The van der Waals surface area contributed by atoms with E-state index >= 15 is 0 Å². The lowest BCUT2D eigenvalue weighted by molar-refractivity contribution is 0.0841. The van der Waals surface area contributed by atoms with Gasteiger partial charge >= 0.3 is 0 Å². The van der Waals surface area contributed by atoms with Crippen molar-refractivity contribution in [2.24, 2.45) is 5.92 Å². The lowest BCUT2D eigenvalue weighted by Gasteiger charge is -2.31. The van der Waals surface area contributed by atoms with Gasteiger partial charge in [-0.2, -0.15) is 5.26 Å². The van der Waals surface area contributed by atoms with Crippen molar-refractivity contribution in [3.8, 4) is 23.3 Å². The monoisotopic (exact) mass is 471 g/mol. The molecule has 1 heterocycles. The molecule has 0 aliphatic carbocycles. The molecule has 2 unspecified atom stereocenters. The molecular formula is C29H26FNO4. The average Bonchev–Trinajstić information content (AvgIpc) is 2.86. The standard InChI is InChI=1S/C29H26FNO4/c1-18(2)17-34-29-21(5-4-6-26(29)33-3)11-13-25-27(20-9-7-19(16-31)8-10-20)28(32)23-15-22(30)12-14-24(23)35-25/h4-15,18,25,27H,17H2,1-3H3/b13-11+. The molecule has 2 atom stereocenters. The fraction of sp³-hybridized carbons (Fsp3) is 0.241. The van der Waals surface area contributed by atoms with E-state index in [9.17, 15) is 9.18 Å². The highest BCUT2D eigenvalue weighted by Gasteiger charge is 2.37. The van der Waals surface area contributed by atoms with E-state index in [1.165, 1.54) is 18.2 Å². The Bertz CT molecular complexity index is 1290. The van der Waals surface area contributed by atoms with E-state index < -0.39 is 17.8 Å². The summed E-state index contributed by atoms with van der Waals surface area (Å²) in [5, 5.41) is 9.14. The SMILES string of the molecule is COc1cccc(/C=C/C2Oc3ccc(F)cc3C(=O)C2c2ccc(C#N)cc2)c1OCC(C)C. The molecule has 0 aromatic heterocycles. The molecule has 0 spiro atoms. The number of halogens is 1. The molecule has 3 aromatic carbocycles. The van der Waals surface area contributed by atoms with Crippen LogP contribution in [-0.4, -0.2) is 25.6 Å². The molecule has 1 aliphatic rings. The van der Waals surface area contributed by atoms with Crippen molar-refractivity contribution < 1.29 is 23.4 Å². The summed E-state index contributed by atoms with van der Waals surface area (Å²) in [6, 6.07) is 18.4. The van der Waals surface area contributed by atoms with Crippen LogP contribution in [0.3, 0.4) is 0 Å². The fourth-order valence-corrected chi connectivity index (χ4v) is 4.01. The minimum Gasteiger partial charge on any atom is -0.493 e. The van der Waals surface area contributed by atoms with Crippen LogP contribution in [0, 0.1) is 23.1 Å². The maximum Gasteiger partial charge on any atom is 0.178 e. The third-order valence-electron chi connectivity index (χ3n) is 5.74. The van der Waals surface area contributed by atoms with E-state index in [0.717, 1.165) is 5.56 Å². The molecule has 178 valence electrons. The van der Waals surface area contributed by atoms with Crippen LogP contribution >= 0.6 is 0 Å². The summed E-state index contributed by atoms with van der Waals surface area (Å²) < 4.78 is 31.6. The number of para-hydroxylation sites is 1. The van der Waals surface area contributed by atoms with E-state index in [-0.39, 0.29) is 11.3 Å². The molecule has 0 amide bonds. The summed E-state index contributed by atoms with van der Waals surface area (Å²) in [6.07, 6.45) is 3.00. The number of rotatable bonds is 7. The molecule has 6 heteroatoms. The second kappa shape index (κ2) is 10.4. The highest BCUT2D eigenvalue weighted by Crippen LogP contribution is 2.39. The van der Waals surface area contributed by atoms with Crippen molar-refractivity contribution in [3.05, 3.63) is 94.8 Å². The molecule has 1 aliphatic heterocycles. The lowest BCUT2D eigenvalue weighted by atomic mass is 9.83. The van der Waals surface area contributed by atoms with Crippen molar-refractivity contribution in [2.45, 2.75) is 25.9 Å². The van der Waals surface area contributed by atoms with Crippen LogP contribution in [0.25, 0.3) is 6.08 Å². The Balaban J connectivity index is 1.74. The topological polar surface area (TPSA) is 68.5 Å². The number of ketones is 1. The van der Waals surface area contributed by atoms with Crippen LogP contribution < -0.4 is 14.2 Å². The van der Waals surface area contributed by atoms with Gasteiger partial charge in [0.15, 0.2) is 17.3 Å². The van der Waals surface area contributed by atoms with Gasteiger partial charge in [0.05, 0.1) is 36.8 Å². The van der Waals surface area contributed by atoms with Gasteiger partial charge in [0, 0.05) is 5.56 Å². The minimum atomic E-state index is -0.709. The van der Waals surface area contributed by atoms with Crippen LogP contribution in [-0.2, 0) is 0 Å². The first-order valence-electron chi connectivity index (χ1n) is 11.4. The van der Waals surface area contributed by atoms with Gasteiger partial charge in [0.25, 0.3) is 0 Å². The van der Waals surface area contributed by atoms with Crippen molar-refractivity contribution in [3.63, 3.8) is 0 Å². The van der Waals surface area contributed by atoms with Crippen LogP contribution in [0.5, 0.6) is 17.2 Å². The Morgan fingerprint density at radius 2 is 1.91 bits per heavy atom. The quantitative estimate of drug-likeness (QED) is 0.411. The summed E-state index contributed by atoms with van der Waals surface area (Å²) in [5.74, 6) is 0.423. The predicted octanol–water partition coefficient (Wildman–Crippen LogP) is 6.18. The van der Waals surface area contributed by atoms with Gasteiger partial charge in [-0.25, -0.2) is 4.39 Å². The first-order chi connectivity index (χ1) is 16.9. The number of benzene rings is 3. The number of nitrogens with zero attached hydrogens (tertiary/aromatic N) is 1. The molecule has 0 radical (unpaired) electrons. The number of carbonyl (C=O) groups excluding carboxylic acids is 1. The van der Waals surface area contributed by atoms with Crippen LogP contribution in [0.4, 0.5) is 4.39 Å². The molecule has 5 nitrogen and oxygen atoms in total. The normalized spacial score (nSPS) is 17.1. The number of hydrogen-bond acceptors (Lipinski definition) is 5. The highest BCUT2D eigenvalue weighted by molar-refractivity contribution is 6.05. The molecular weight excluding hydrogens is 445 g/mol. The lowest BCUT2D eigenvalue weighted by Crippen LogP contribution is -2.34. The number of hydrogen-bond donors (Lipinski definition) is 0. The Morgan fingerprint density at radius 1 is 1.14 bits per heavy atom. The van der Waals surface area contributed by atoms with Gasteiger partial charge < -0.3 is 14.2 Å². The van der Waals surface area contributed by atoms with Gasteiger partial charge in [0.1, 0.15) is 17.7 Å². The number of methoxy groups -OCH3 is 1. The average molecular weight is 472 g/mol. The summed E-state index contributed by atoms with van der Waals surface area (Å²) >= 11 is 0. The molecule has 4 rings (SSSR count). The zero-order valence-electron chi connectivity index (χ0n) is 19.8. The summed E-state index contributed by atoms with van der Waals surface area (Å²) in [6.45, 7) is 4.65. The van der Waals surface area contributed by atoms with E-state index in [1.54, 1.807) is 31.4 Å². The van der Waals surface area contributed by atoms with Gasteiger partial charge in [-0.15, -0.1) is 0 Å². The minimum absolute atomic E-state index is 0.200. The molecule has 3 aromatic rings. The van der Waals surface area contributed by atoms with Gasteiger partial charge in [-0.05, 0) is 54.0 Å². The predicted molar refractivity (Wildman–Crippen MR) is 131 cm³/mol. The largest absolute Gasteiger partial charge is 0.493 e.